The molecule has 0 heterocycles. The van der Waals surface area contributed by atoms with Crippen molar-refractivity contribution in [2.24, 2.45) is 0 Å². The molecule has 0 bridgehead atoms. The molecule has 3 amide bonds. The first-order valence-corrected chi connectivity index (χ1v) is 12.4. The number of unbranched alkanes of at least 4 members (excludes halogenated alkanes) is 4. The number of ether oxygens (including phenoxy) is 1. The lowest BCUT2D eigenvalue weighted by Crippen LogP contribution is -2.52. The third-order valence-corrected chi connectivity index (χ3v) is 5.21. The Morgan fingerprint density at radius 2 is 1.74 bits per heavy atom. The Balaban J connectivity index is 3.24. The number of hydrogen-bond donors (Lipinski definition) is 3. The minimum absolute atomic E-state index is 0.0159. The Morgan fingerprint density at radius 3 is 2.32 bits per heavy atom. The molecule has 1 aromatic carbocycles. The summed E-state index contributed by atoms with van der Waals surface area (Å²) in [5.41, 5.74) is -0.182. The van der Waals surface area contributed by atoms with Crippen molar-refractivity contribution in [1.29, 1.82) is 0 Å². The lowest BCUT2D eigenvalue weighted by molar-refractivity contribution is -0.142. The molecule has 8 heteroatoms. The largest absolute Gasteiger partial charge is 0.508 e. The van der Waals surface area contributed by atoms with Crippen LogP contribution in [0.3, 0.4) is 0 Å². The van der Waals surface area contributed by atoms with E-state index in [1.54, 1.807) is 39.8 Å². The number of hydrogen-bond acceptors (Lipinski definition) is 5. The van der Waals surface area contributed by atoms with E-state index in [9.17, 15) is 19.5 Å². The molecular formula is C26H43N3O5. The van der Waals surface area contributed by atoms with Crippen molar-refractivity contribution in [3.8, 4) is 5.75 Å². The third kappa shape index (κ3) is 10.4. The highest BCUT2D eigenvalue weighted by Gasteiger charge is 2.34. The van der Waals surface area contributed by atoms with Gasteiger partial charge in [0, 0.05) is 13.1 Å². The smallest absolute Gasteiger partial charge is 0.408 e. The van der Waals surface area contributed by atoms with Crippen LogP contribution in [0.4, 0.5) is 4.79 Å². The van der Waals surface area contributed by atoms with Crippen molar-refractivity contribution >= 4 is 17.9 Å². The lowest BCUT2D eigenvalue weighted by Gasteiger charge is -2.34. The highest BCUT2D eigenvalue weighted by molar-refractivity contribution is 5.92. The molecular weight excluding hydrogens is 434 g/mol. The minimum Gasteiger partial charge on any atom is -0.508 e. The summed E-state index contributed by atoms with van der Waals surface area (Å²) in [6.45, 7) is 11.8. The number of amides is 3. The van der Waals surface area contributed by atoms with Gasteiger partial charge in [0.15, 0.2) is 0 Å². The van der Waals surface area contributed by atoms with Crippen LogP contribution in [-0.4, -0.2) is 52.6 Å². The van der Waals surface area contributed by atoms with Gasteiger partial charge in [0.05, 0.1) is 0 Å². The highest BCUT2D eigenvalue weighted by atomic mass is 16.6. The fraction of sp³-hybridized carbons (Fsp3) is 0.654. The maximum Gasteiger partial charge on any atom is 0.408 e. The molecule has 0 aromatic heterocycles. The summed E-state index contributed by atoms with van der Waals surface area (Å²) in [6, 6.07) is 4.57. The number of phenols is 1. The number of carbonyl (C=O) groups excluding carboxylic acids is 3. The molecule has 0 aliphatic carbocycles. The summed E-state index contributed by atoms with van der Waals surface area (Å²) in [5, 5.41) is 15.6. The summed E-state index contributed by atoms with van der Waals surface area (Å²) < 4.78 is 5.29. The molecule has 2 atom stereocenters. The second-order valence-electron chi connectivity index (χ2n) is 9.60. The number of carbonyl (C=O) groups is 3. The van der Waals surface area contributed by atoms with E-state index in [-0.39, 0.29) is 17.6 Å². The normalized spacial score (nSPS) is 13.0. The van der Waals surface area contributed by atoms with Gasteiger partial charge in [0.25, 0.3) is 0 Å². The van der Waals surface area contributed by atoms with Gasteiger partial charge in [0.1, 0.15) is 23.4 Å². The lowest BCUT2D eigenvalue weighted by atomic mass is 10.0. The van der Waals surface area contributed by atoms with Crippen molar-refractivity contribution in [2.75, 3.05) is 13.1 Å². The maximum absolute atomic E-state index is 13.6. The van der Waals surface area contributed by atoms with Gasteiger partial charge in [-0.05, 0) is 58.2 Å². The van der Waals surface area contributed by atoms with E-state index in [0.717, 1.165) is 38.5 Å². The molecule has 192 valence electrons. The van der Waals surface area contributed by atoms with E-state index >= 15 is 0 Å². The Morgan fingerprint density at radius 1 is 1.06 bits per heavy atom. The van der Waals surface area contributed by atoms with Crippen LogP contribution in [0.15, 0.2) is 24.3 Å². The standard InChI is InChI=1S/C26H43N3O5/c1-7-9-11-12-17-29(24(32)19(3)28-25(33)34-26(4,5)6)22(23(31)27-16-10-8-2)20-14-13-15-21(30)18-20/h13-15,18-19,22,30H,7-12,16-17H2,1-6H3,(H,27,31)(H,28,33). The van der Waals surface area contributed by atoms with Gasteiger partial charge >= 0.3 is 6.09 Å². The summed E-state index contributed by atoms with van der Waals surface area (Å²) in [7, 11) is 0. The van der Waals surface area contributed by atoms with Crippen LogP contribution in [0.5, 0.6) is 5.75 Å². The highest BCUT2D eigenvalue weighted by Crippen LogP contribution is 2.26. The van der Waals surface area contributed by atoms with Gasteiger partial charge in [0.2, 0.25) is 11.8 Å². The van der Waals surface area contributed by atoms with Gasteiger partial charge in [-0.25, -0.2) is 4.79 Å². The van der Waals surface area contributed by atoms with E-state index in [1.807, 2.05) is 6.92 Å². The molecule has 34 heavy (non-hydrogen) atoms. The Hall–Kier alpha value is -2.77. The molecule has 2 unspecified atom stereocenters. The number of nitrogens with zero attached hydrogens (tertiary/aromatic N) is 1. The third-order valence-electron chi connectivity index (χ3n) is 5.21. The predicted molar refractivity (Wildman–Crippen MR) is 133 cm³/mol. The molecule has 0 aliphatic heterocycles. The monoisotopic (exact) mass is 477 g/mol. The van der Waals surface area contributed by atoms with Gasteiger partial charge < -0.3 is 25.4 Å². The fourth-order valence-corrected chi connectivity index (χ4v) is 3.52. The topological polar surface area (TPSA) is 108 Å². The van der Waals surface area contributed by atoms with E-state index < -0.39 is 23.8 Å². The second-order valence-corrected chi connectivity index (χ2v) is 9.60. The first-order chi connectivity index (χ1) is 16.0. The van der Waals surface area contributed by atoms with Crippen LogP contribution in [0.1, 0.15) is 91.7 Å². The molecule has 0 radical (unpaired) electrons. The molecule has 0 spiro atoms. The minimum atomic E-state index is -0.930. The summed E-state index contributed by atoms with van der Waals surface area (Å²) in [4.78, 5) is 40.6. The molecule has 3 N–H and O–H groups in total. The van der Waals surface area contributed by atoms with Crippen LogP contribution in [0, 0.1) is 0 Å². The number of nitrogens with one attached hydrogen (secondary N) is 2. The van der Waals surface area contributed by atoms with Gasteiger partial charge in [-0.15, -0.1) is 0 Å². The fourth-order valence-electron chi connectivity index (χ4n) is 3.52. The number of rotatable bonds is 13. The van der Waals surface area contributed by atoms with Crippen LogP contribution in [0.25, 0.3) is 0 Å². The zero-order valence-corrected chi connectivity index (χ0v) is 21.6. The number of phenolic OH excluding ortho intramolecular Hbond substituents is 1. The zero-order valence-electron chi connectivity index (χ0n) is 21.6. The molecule has 8 nitrogen and oxygen atoms in total. The van der Waals surface area contributed by atoms with Crippen molar-refractivity contribution in [1.82, 2.24) is 15.5 Å². The van der Waals surface area contributed by atoms with E-state index in [4.69, 9.17) is 4.74 Å². The number of benzene rings is 1. The van der Waals surface area contributed by atoms with Crippen molar-refractivity contribution in [2.45, 2.75) is 97.8 Å². The summed E-state index contributed by atoms with van der Waals surface area (Å²) in [6.07, 6.45) is 4.74. The van der Waals surface area contributed by atoms with Gasteiger partial charge in [-0.3, -0.25) is 9.59 Å². The predicted octanol–water partition coefficient (Wildman–Crippen LogP) is 4.67. The second kappa shape index (κ2) is 14.5. The van der Waals surface area contributed by atoms with Crippen molar-refractivity contribution < 1.29 is 24.2 Å². The summed E-state index contributed by atoms with van der Waals surface area (Å²) >= 11 is 0. The molecule has 1 aromatic rings. The molecule has 0 saturated carbocycles. The zero-order chi connectivity index (χ0) is 25.7. The van der Waals surface area contributed by atoms with Crippen LogP contribution < -0.4 is 10.6 Å². The number of alkyl carbamates (subject to hydrolysis) is 1. The Kier molecular flexibility index (Phi) is 12.5. The Labute approximate surface area is 204 Å². The average Bonchev–Trinajstić information content (AvgIpc) is 2.74. The molecule has 1 rings (SSSR count). The first-order valence-electron chi connectivity index (χ1n) is 12.4. The van der Waals surface area contributed by atoms with Crippen LogP contribution >= 0.6 is 0 Å². The van der Waals surface area contributed by atoms with E-state index in [1.165, 1.54) is 17.0 Å². The number of aromatic hydroxyl groups is 1. The van der Waals surface area contributed by atoms with Crippen molar-refractivity contribution in [3.05, 3.63) is 29.8 Å². The molecule has 0 aliphatic rings. The van der Waals surface area contributed by atoms with Gasteiger partial charge in [-0.2, -0.15) is 0 Å². The molecule has 0 fully saturated rings. The van der Waals surface area contributed by atoms with Crippen LogP contribution in [-0.2, 0) is 14.3 Å². The quantitative estimate of drug-likeness (QED) is 0.358. The average molecular weight is 478 g/mol. The Bertz CT molecular complexity index is 791. The molecule has 0 saturated heterocycles. The SMILES string of the molecule is CCCCCCN(C(=O)C(C)NC(=O)OC(C)(C)C)C(C(=O)NCCCC)c1cccc(O)c1. The van der Waals surface area contributed by atoms with Crippen molar-refractivity contribution in [3.63, 3.8) is 0 Å². The van der Waals surface area contributed by atoms with Crippen LogP contribution in [0.2, 0.25) is 0 Å². The van der Waals surface area contributed by atoms with E-state index in [0.29, 0.717) is 18.7 Å². The first kappa shape index (κ1) is 29.3. The summed E-state index contributed by atoms with van der Waals surface area (Å²) in [5.74, 6) is -0.684. The van der Waals surface area contributed by atoms with Gasteiger partial charge in [-0.1, -0.05) is 51.7 Å². The van der Waals surface area contributed by atoms with E-state index in [2.05, 4.69) is 17.6 Å². The maximum atomic E-state index is 13.6.